The Hall–Kier alpha value is -7.05. The highest BCUT2D eigenvalue weighted by atomic mass is 32.2. The van der Waals surface area contributed by atoms with Crippen LogP contribution >= 0.6 is 23.5 Å². The van der Waals surface area contributed by atoms with Gasteiger partial charge in [0.25, 0.3) is 11.8 Å². The van der Waals surface area contributed by atoms with Gasteiger partial charge >= 0.3 is 17.6 Å². The van der Waals surface area contributed by atoms with Crippen LogP contribution in [-0.2, 0) is 14.4 Å². The number of phenols is 2. The van der Waals surface area contributed by atoms with Crippen molar-refractivity contribution in [1.29, 1.82) is 0 Å². The van der Waals surface area contributed by atoms with Crippen molar-refractivity contribution in [2.75, 3.05) is 25.1 Å². The SMILES string of the molecule is Cc1cc2cc(C(=O)N(C)CC(=O)NC3C(=O)N4C(C(=O)O)=C(CSc5ccc(-c6c7ccc(=O)cc-7oc7cc(O)ccc67)c(C(=O)O)c5)CSC34)c(=O)oc2cc1O. The molecule has 0 saturated carbocycles. The minimum absolute atomic E-state index is 0.0742. The van der Waals surface area contributed by atoms with Crippen LogP contribution < -0.4 is 16.4 Å². The first-order valence-corrected chi connectivity index (χ1v) is 20.1. The number of aliphatic carboxylic acids is 1. The number of carboxylic acid groups (broad SMARTS) is 2. The molecule has 16 nitrogen and oxygen atoms in total. The van der Waals surface area contributed by atoms with Crippen molar-refractivity contribution in [2.45, 2.75) is 23.2 Å². The van der Waals surface area contributed by atoms with Crippen LogP contribution in [0.1, 0.15) is 26.3 Å². The lowest BCUT2D eigenvalue weighted by Crippen LogP contribution is -2.71. The molecule has 4 heterocycles. The number of hydrogen-bond acceptors (Lipinski definition) is 13. The average Bonchev–Trinajstić information content (AvgIpc) is 3.20. The number of benzene rings is 4. The fourth-order valence-electron chi connectivity index (χ4n) is 7.25. The number of nitrogens with one attached hydrogen (secondary N) is 1. The molecular weight excluding hydrogens is 819 g/mol. The first-order valence-electron chi connectivity index (χ1n) is 18.0. The third-order valence-electron chi connectivity index (χ3n) is 10.2. The maximum absolute atomic E-state index is 13.4. The molecule has 0 radical (unpaired) electrons. The Morgan fingerprint density at radius 1 is 0.883 bits per heavy atom. The van der Waals surface area contributed by atoms with E-state index in [0.717, 1.165) is 9.80 Å². The number of aromatic carboxylic acids is 1. The number of aryl methyl sites for hydroxylation is 1. The van der Waals surface area contributed by atoms with Crippen molar-refractivity contribution >= 4 is 75.1 Å². The number of fused-ring (bicyclic) bond motifs is 4. The highest BCUT2D eigenvalue weighted by Crippen LogP contribution is 2.44. The topological polar surface area (TPSA) is 245 Å². The predicted molar refractivity (Wildman–Crippen MR) is 219 cm³/mol. The molecule has 5 N–H and O–H groups in total. The van der Waals surface area contributed by atoms with Crippen molar-refractivity contribution < 1.29 is 53.2 Å². The van der Waals surface area contributed by atoms with Gasteiger partial charge in [-0.1, -0.05) is 6.07 Å². The molecule has 1 aliphatic carbocycles. The van der Waals surface area contributed by atoms with Gasteiger partial charge in [0.15, 0.2) is 5.43 Å². The Morgan fingerprint density at radius 2 is 1.65 bits per heavy atom. The number of phenolic OH excluding ortho intramolecular Hbond substituents is 2. The van der Waals surface area contributed by atoms with Crippen molar-refractivity contribution in [2.24, 2.45) is 0 Å². The van der Waals surface area contributed by atoms with Crippen LogP contribution in [0.3, 0.4) is 0 Å². The fourth-order valence-corrected chi connectivity index (χ4v) is 9.67. The van der Waals surface area contributed by atoms with E-state index in [1.54, 1.807) is 31.2 Å². The van der Waals surface area contributed by atoms with Crippen molar-refractivity contribution in [3.63, 3.8) is 0 Å². The number of nitrogens with zero attached hydrogens (tertiary/aromatic N) is 2. The quantitative estimate of drug-likeness (QED) is 0.0543. The van der Waals surface area contributed by atoms with Gasteiger partial charge in [-0.25, -0.2) is 14.4 Å². The lowest BCUT2D eigenvalue weighted by molar-refractivity contribution is -0.150. The van der Waals surface area contributed by atoms with Crippen LogP contribution in [0.15, 0.2) is 107 Å². The summed E-state index contributed by atoms with van der Waals surface area (Å²) in [4.78, 5) is 92.2. The molecule has 4 aliphatic rings. The molecule has 1 fully saturated rings. The number of carbonyl (C=O) groups is 5. The Labute approximate surface area is 346 Å². The molecule has 2 unspecified atom stereocenters. The average molecular weight is 850 g/mol. The highest BCUT2D eigenvalue weighted by molar-refractivity contribution is 8.01. The molecule has 18 heteroatoms. The summed E-state index contributed by atoms with van der Waals surface area (Å²) in [5, 5.41) is 43.3. The summed E-state index contributed by atoms with van der Waals surface area (Å²) in [6.07, 6.45) is 0. The summed E-state index contributed by atoms with van der Waals surface area (Å²) >= 11 is 2.40. The van der Waals surface area contributed by atoms with E-state index in [-0.39, 0.29) is 62.2 Å². The van der Waals surface area contributed by atoms with E-state index in [4.69, 9.17) is 8.83 Å². The van der Waals surface area contributed by atoms with Gasteiger partial charge in [-0.05, 0) is 72.2 Å². The number of carboxylic acids is 2. The molecule has 2 atom stereocenters. The minimum Gasteiger partial charge on any atom is -0.508 e. The standard InChI is InChI=1S/C42H31N3O13S2/c1-18-9-19-10-28(42(56)58-30(19)14-29(18)48)37(50)44(2)15-33(49)43-35-38(51)45-36(41(54)55)20(17-60-39(35)45)16-59-23-5-8-24(27(13-23)40(52)53)34-25-6-3-21(46)11-31(25)57-32-12-22(47)4-7-26(32)34/h3-14,35,39,46,48H,15-17H2,1-2H3,(H,43,49)(H,52,53)(H,54,55). The second-order valence-corrected chi connectivity index (χ2v) is 16.3. The van der Waals surface area contributed by atoms with Crippen molar-refractivity contribution in [1.82, 2.24) is 15.1 Å². The van der Waals surface area contributed by atoms with E-state index >= 15 is 0 Å². The van der Waals surface area contributed by atoms with Gasteiger partial charge in [-0.15, -0.1) is 23.5 Å². The van der Waals surface area contributed by atoms with Crippen LogP contribution in [0.25, 0.3) is 44.4 Å². The van der Waals surface area contributed by atoms with Crippen LogP contribution in [0.5, 0.6) is 11.5 Å². The Morgan fingerprint density at radius 3 is 2.40 bits per heavy atom. The molecule has 1 saturated heterocycles. The number of β-lactam (4-membered cyclic amide) rings is 1. The van der Waals surface area contributed by atoms with E-state index in [1.165, 1.54) is 79.1 Å². The Balaban J connectivity index is 0.975. The van der Waals surface area contributed by atoms with E-state index in [1.807, 2.05) is 0 Å². The van der Waals surface area contributed by atoms with Crippen LogP contribution in [0.2, 0.25) is 0 Å². The molecule has 3 aliphatic heterocycles. The van der Waals surface area contributed by atoms with Crippen LogP contribution in [0.4, 0.5) is 0 Å². The van der Waals surface area contributed by atoms with E-state index in [2.05, 4.69) is 5.32 Å². The summed E-state index contributed by atoms with van der Waals surface area (Å²) in [6.45, 7) is 1.09. The van der Waals surface area contributed by atoms with Gasteiger partial charge in [0, 0.05) is 63.5 Å². The third-order valence-corrected chi connectivity index (χ3v) is 12.6. The molecular formula is C42H31N3O13S2. The second kappa shape index (κ2) is 15.3. The van der Waals surface area contributed by atoms with Crippen molar-refractivity contribution in [3.05, 3.63) is 121 Å². The van der Waals surface area contributed by atoms with E-state index < -0.39 is 53.2 Å². The molecule has 8 rings (SSSR count). The van der Waals surface area contributed by atoms with Gasteiger partial charge in [0.2, 0.25) is 5.91 Å². The molecule has 60 heavy (non-hydrogen) atoms. The van der Waals surface area contributed by atoms with E-state index in [9.17, 15) is 54.0 Å². The molecule has 304 valence electrons. The zero-order valence-electron chi connectivity index (χ0n) is 31.4. The van der Waals surface area contributed by atoms with Crippen LogP contribution in [-0.4, -0.2) is 96.4 Å². The smallest absolute Gasteiger partial charge is 0.352 e. The highest BCUT2D eigenvalue weighted by Gasteiger charge is 2.54. The molecule has 3 aromatic carbocycles. The number of likely N-dealkylation sites (N-methyl/N-ethyl adjacent to an activating group) is 1. The van der Waals surface area contributed by atoms with Crippen molar-refractivity contribution in [3.8, 4) is 33.9 Å². The van der Waals surface area contributed by atoms with Gasteiger partial charge in [0.05, 0.1) is 12.1 Å². The molecule has 0 spiro atoms. The summed E-state index contributed by atoms with van der Waals surface area (Å²) < 4.78 is 11.1. The van der Waals surface area contributed by atoms with E-state index in [0.29, 0.717) is 43.5 Å². The number of amides is 3. The normalized spacial score (nSPS) is 16.2. The lowest BCUT2D eigenvalue weighted by Gasteiger charge is -2.49. The summed E-state index contributed by atoms with van der Waals surface area (Å²) in [7, 11) is 1.29. The monoisotopic (exact) mass is 849 g/mol. The molecule has 0 bridgehead atoms. The predicted octanol–water partition coefficient (Wildman–Crippen LogP) is 4.69. The van der Waals surface area contributed by atoms with Gasteiger partial charge in [-0.2, -0.15) is 0 Å². The Bertz CT molecular complexity index is 2990. The first kappa shape index (κ1) is 39.8. The maximum atomic E-state index is 13.4. The zero-order valence-corrected chi connectivity index (χ0v) is 33.0. The minimum atomic E-state index is -1.36. The van der Waals surface area contributed by atoms with Gasteiger partial charge in [-0.3, -0.25) is 24.1 Å². The largest absolute Gasteiger partial charge is 0.508 e. The third kappa shape index (κ3) is 7.08. The van der Waals surface area contributed by atoms with Gasteiger partial charge < -0.3 is 39.5 Å². The second-order valence-electron chi connectivity index (χ2n) is 14.1. The number of hydrogen-bond donors (Lipinski definition) is 5. The molecule has 3 amide bonds. The first-order chi connectivity index (χ1) is 28.6. The number of thioether (sulfide) groups is 2. The van der Waals surface area contributed by atoms with Gasteiger partial charge in [0.1, 0.15) is 51.1 Å². The van der Waals surface area contributed by atoms with Crippen LogP contribution in [0, 0.1) is 6.92 Å². The fraction of sp³-hybridized carbons (Fsp3) is 0.167. The number of rotatable bonds is 10. The molecule has 4 aromatic rings. The Kier molecular flexibility index (Phi) is 10.1. The number of aromatic hydroxyl groups is 2. The summed E-state index contributed by atoms with van der Waals surface area (Å²) in [5.74, 6) is -4.55. The molecule has 1 aromatic heterocycles. The zero-order chi connectivity index (χ0) is 42.7. The summed E-state index contributed by atoms with van der Waals surface area (Å²) in [5.41, 5.74) is 0.484. The lowest BCUT2D eigenvalue weighted by atomic mass is 9.91. The summed E-state index contributed by atoms with van der Waals surface area (Å²) in [6, 6.07) is 16.3. The maximum Gasteiger partial charge on any atom is 0.352 e. The number of carbonyl (C=O) groups excluding carboxylic acids is 3.